The Hall–Kier alpha value is -2.54. The van der Waals surface area contributed by atoms with Gasteiger partial charge in [0.15, 0.2) is 0 Å². The first-order chi connectivity index (χ1) is 10.2. The van der Waals surface area contributed by atoms with Gasteiger partial charge in [0.25, 0.3) is 0 Å². The van der Waals surface area contributed by atoms with Crippen molar-refractivity contribution in [2.24, 2.45) is 0 Å². The number of anilines is 3. The third-order valence-electron chi connectivity index (χ3n) is 3.53. The Bertz CT molecular complexity index is 686. The molecule has 0 bridgehead atoms. The average molecular weight is 273 g/mol. The van der Waals surface area contributed by atoms with Gasteiger partial charge in [-0.05, 0) is 61.4 Å². The van der Waals surface area contributed by atoms with E-state index in [1.165, 1.54) is 28.2 Å². The number of hydrogen-bond donors (Lipinski definition) is 0. The normalized spacial score (nSPS) is 10.4. The quantitative estimate of drug-likeness (QED) is 0.585. The van der Waals surface area contributed by atoms with E-state index in [-0.39, 0.29) is 0 Å². The minimum Gasteiger partial charge on any atom is -0.310 e. The Morgan fingerprint density at radius 1 is 0.524 bits per heavy atom. The van der Waals surface area contributed by atoms with Crippen molar-refractivity contribution in [2.75, 3.05) is 4.90 Å². The van der Waals surface area contributed by atoms with E-state index < -0.39 is 0 Å². The lowest BCUT2D eigenvalue weighted by molar-refractivity contribution is 1.26. The second kappa shape index (κ2) is 5.84. The molecule has 3 aromatic carbocycles. The summed E-state index contributed by atoms with van der Waals surface area (Å²) >= 11 is 0. The maximum Gasteiger partial charge on any atom is 0.0464 e. The zero-order chi connectivity index (χ0) is 14.7. The average Bonchev–Trinajstić information content (AvgIpc) is 2.49. The molecule has 0 amide bonds. The highest BCUT2D eigenvalue weighted by atomic mass is 15.1. The highest BCUT2D eigenvalue weighted by Gasteiger charge is 2.11. The summed E-state index contributed by atoms with van der Waals surface area (Å²) in [4.78, 5) is 2.29. The standard InChI is InChI=1S/C20H19N/c1-16-8-6-12-19(14-16)21(18-10-4-3-5-11-18)20-13-7-9-17(2)15-20/h3-15H,1-2H3. The summed E-state index contributed by atoms with van der Waals surface area (Å²) in [6.45, 7) is 4.26. The molecule has 0 N–H and O–H groups in total. The summed E-state index contributed by atoms with van der Waals surface area (Å²) in [5, 5.41) is 0. The molecule has 0 heterocycles. The van der Waals surface area contributed by atoms with Crippen LogP contribution in [0.15, 0.2) is 78.9 Å². The van der Waals surface area contributed by atoms with Crippen molar-refractivity contribution in [1.29, 1.82) is 0 Å². The molecule has 0 aromatic heterocycles. The van der Waals surface area contributed by atoms with Gasteiger partial charge in [-0.25, -0.2) is 0 Å². The molecular formula is C20H19N. The lowest BCUT2D eigenvalue weighted by Crippen LogP contribution is -2.10. The first kappa shape index (κ1) is 13.4. The van der Waals surface area contributed by atoms with Crippen molar-refractivity contribution in [3.63, 3.8) is 0 Å². The van der Waals surface area contributed by atoms with Crippen LogP contribution in [0.2, 0.25) is 0 Å². The molecule has 1 heteroatoms. The fourth-order valence-electron chi connectivity index (χ4n) is 2.56. The van der Waals surface area contributed by atoms with Gasteiger partial charge in [-0.3, -0.25) is 0 Å². The number of benzene rings is 3. The number of rotatable bonds is 3. The molecule has 0 aliphatic carbocycles. The predicted octanol–water partition coefficient (Wildman–Crippen LogP) is 5.77. The first-order valence-corrected chi connectivity index (χ1v) is 7.22. The van der Waals surface area contributed by atoms with Gasteiger partial charge in [0.2, 0.25) is 0 Å². The van der Waals surface area contributed by atoms with Crippen molar-refractivity contribution < 1.29 is 0 Å². The number of para-hydroxylation sites is 1. The molecule has 3 aromatic rings. The second-order valence-electron chi connectivity index (χ2n) is 5.35. The monoisotopic (exact) mass is 273 g/mol. The molecule has 0 radical (unpaired) electrons. The van der Waals surface area contributed by atoms with Crippen LogP contribution in [0.1, 0.15) is 11.1 Å². The summed E-state index contributed by atoms with van der Waals surface area (Å²) in [5.74, 6) is 0. The second-order valence-corrected chi connectivity index (χ2v) is 5.35. The number of aryl methyl sites for hydroxylation is 2. The molecule has 0 aliphatic heterocycles. The molecule has 0 saturated heterocycles. The highest BCUT2D eigenvalue weighted by molar-refractivity contribution is 5.76. The lowest BCUT2D eigenvalue weighted by atomic mass is 10.1. The van der Waals surface area contributed by atoms with Crippen LogP contribution in [-0.2, 0) is 0 Å². The van der Waals surface area contributed by atoms with Crippen LogP contribution < -0.4 is 4.90 Å². The maximum absolute atomic E-state index is 2.29. The van der Waals surface area contributed by atoms with Crippen LogP contribution in [-0.4, -0.2) is 0 Å². The Morgan fingerprint density at radius 3 is 1.48 bits per heavy atom. The highest BCUT2D eigenvalue weighted by Crippen LogP contribution is 2.34. The zero-order valence-electron chi connectivity index (χ0n) is 12.5. The largest absolute Gasteiger partial charge is 0.310 e. The van der Waals surface area contributed by atoms with Gasteiger partial charge < -0.3 is 4.90 Å². The molecule has 0 atom stereocenters. The third-order valence-corrected chi connectivity index (χ3v) is 3.53. The van der Waals surface area contributed by atoms with Gasteiger partial charge in [-0.15, -0.1) is 0 Å². The zero-order valence-corrected chi connectivity index (χ0v) is 12.5. The molecular weight excluding hydrogens is 254 g/mol. The Kier molecular flexibility index (Phi) is 3.74. The van der Waals surface area contributed by atoms with Crippen LogP contribution in [0.4, 0.5) is 17.1 Å². The van der Waals surface area contributed by atoms with Gasteiger partial charge in [0.05, 0.1) is 0 Å². The molecule has 0 saturated carbocycles. The van der Waals surface area contributed by atoms with Gasteiger partial charge in [0.1, 0.15) is 0 Å². The maximum atomic E-state index is 2.29. The van der Waals surface area contributed by atoms with E-state index in [1.807, 2.05) is 6.07 Å². The summed E-state index contributed by atoms with van der Waals surface area (Å²) in [7, 11) is 0. The van der Waals surface area contributed by atoms with Gasteiger partial charge in [-0.1, -0.05) is 42.5 Å². The summed E-state index contributed by atoms with van der Waals surface area (Å²) in [6.07, 6.45) is 0. The van der Waals surface area contributed by atoms with Crippen LogP contribution in [0.25, 0.3) is 0 Å². The minimum atomic E-state index is 1.17. The van der Waals surface area contributed by atoms with E-state index >= 15 is 0 Å². The molecule has 1 nitrogen and oxygen atoms in total. The molecule has 104 valence electrons. The fraction of sp³-hybridized carbons (Fsp3) is 0.100. The van der Waals surface area contributed by atoms with Crippen LogP contribution >= 0.6 is 0 Å². The van der Waals surface area contributed by atoms with Crippen LogP contribution in [0.3, 0.4) is 0 Å². The van der Waals surface area contributed by atoms with E-state index in [1.54, 1.807) is 0 Å². The first-order valence-electron chi connectivity index (χ1n) is 7.22. The smallest absolute Gasteiger partial charge is 0.0464 e. The fourth-order valence-corrected chi connectivity index (χ4v) is 2.56. The van der Waals surface area contributed by atoms with Crippen LogP contribution in [0.5, 0.6) is 0 Å². The molecule has 3 rings (SSSR count). The third kappa shape index (κ3) is 2.97. The Morgan fingerprint density at radius 2 is 1.00 bits per heavy atom. The van der Waals surface area contributed by atoms with Gasteiger partial charge in [0, 0.05) is 17.1 Å². The molecule has 21 heavy (non-hydrogen) atoms. The van der Waals surface area contributed by atoms with Crippen molar-refractivity contribution in [1.82, 2.24) is 0 Å². The van der Waals surface area contributed by atoms with Gasteiger partial charge >= 0.3 is 0 Å². The summed E-state index contributed by atoms with van der Waals surface area (Å²) in [5.41, 5.74) is 6.08. The lowest BCUT2D eigenvalue weighted by Gasteiger charge is -2.26. The van der Waals surface area contributed by atoms with Crippen molar-refractivity contribution in [2.45, 2.75) is 13.8 Å². The topological polar surface area (TPSA) is 3.24 Å². The van der Waals surface area contributed by atoms with E-state index in [2.05, 4.69) is 91.5 Å². The predicted molar refractivity (Wildman–Crippen MR) is 90.6 cm³/mol. The van der Waals surface area contributed by atoms with E-state index in [4.69, 9.17) is 0 Å². The summed E-state index contributed by atoms with van der Waals surface area (Å²) in [6, 6.07) is 27.7. The van der Waals surface area contributed by atoms with Gasteiger partial charge in [-0.2, -0.15) is 0 Å². The Balaban J connectivity index is 2.16. The summed E-state index contributed by atoms with van der Waals surface area (Å²) < 4.78 is 0. The van der Waals surface area contributed by atoms with Crippen molar-refractivity contribution in [3.05, 3.63) is 90.0 Å². The molecule has 0 fully saturated rings. The minimum absolute atomic E-state index is 1.17. The Labute approximate surface area is 126 Å². The van der Waals surface area contributed by atoms with Crippen LogP contribution in [0, 0.1) is 13.8 Å². The van der Waals surface area contributed by atoms with Crippen molar-refractivity contribution in [3.8, 4) is 0 Å². The van der Waals surface area contributed by atoms with E-state index in [0.29, 0.717) is 0 Å². The molecule has 0 spiro atoms. The molecule has 0 unspecified atom stereocenters. The SMILES string of the molecule is Cc1cccc(N(c2ccccc2)c2cccc(C)c2)c1. The van der Waals surface area contributed by atoms with E-state index in [0.717, 1.165) is 0 Å². The number of hydrogen-bond acceptors (Lipinski definition) is 1. The van der Waals surface area contributed by atoms with E-state index in [9.17, 15) is 0 Å². The number of nitrogens with zero attached hydrogens (tertiary/aromatic N) is 1. The van der Waals surface area contributed by atoms with Crippen molar-refractivity contribution >= 4 is 17.1 Å². The molecule has 0 aliphatic rings.